The van der Waals surface area contributed by atoms with Crippen LogP contribution >= 0.6 is 0 Å². The summed E-state index contributed by atoms with van der Waals surface area (Å²) in [7, 11) is 0. The number of ether oxygens (including phenoxy) is 4. The molecule has 0 aliphatic carbocycles. The molecule has 2 heterocycles. The maximum absolute atomic E-state index is 10.2. The molecule has 0 aromatic heterocycles. The molecule has 0 aromatic carbocycles. The summed E-state index contributed by atoms with van der Waals surface area (Å²) in [5, 5.41) is 68.2. The van der Waals surface area contributed by atoms with Crippen LogP contribution in [0.25, 0.3) is 0 Å². The van der Waals surface area contributed by atoms with E-state index < -0.39 is 74.6 Å². The lowest BCUT2D eigenvalue weighted by atomic mass is 9.97. The molecule has 0 radical (unpaired) electrons. The molecule has 2 aliphatic heterocycles. The Morgan fingerprint density at radius 1 is 0.720 bits per heavy atom. The predicted octanol–water partition coefficient (Wildman–Crippen LogP) is -4.35. The van der Waals surface area contributed by atoms with Gasteiger partial charge in [-0.25, -0.2) is 0 Å². The van der Waals surface area contributed by atoms with Gasteiger partial charge < -0.3 is 54.7 Å². The Bertz CT molecular complexity index is 408. The minimum atomic E-state index is -1.68. The molecule has 0 aromatic rings. The van der Waals surface area contributed by atoms with E-state index in [1.807, 2.05) is 0 Å². The van der Waals surface area contributed by atoms with Gasteiger partial charge in [-0.1, -0.05) is 0 Å². The molecule has 0 spiro atoms. The highest BCUT2D eigenvalue weighted by atomic mass is 16.8. The molecule has 7 N–H and O–H groups in total. The second-order valence-corrected chi connectivity index (χ2v) is 5.96. The highest BCUT2D eigenvalue weighted by Gasteiger charge is 2.50. The Morgan fingerprint density at radius 3 is 1.76 bits per heavy atom. The van der Waals surface area contributed by atoms with Crippen molar-refractivity contribution < 1.29 is 54.7 Å². The van der Waals surface area contributed by atoms with Crippen molar-refractivity contribution in [2.75, 3.05) is 19.8 Å². The average Bonchev–Trinajstić information content (AvgIpc) is 2.61. The molecule has 2 rings (SSSR count). The smallest absolute Gasteiger partial charge is 0.187 e. The molecular weight excluding hydrogens is 344 g/mol. The largest absolute Gasteiger partial charge is 0.394 e. The van der Waals surface area contributed by atoms with Crippen molar-refractivity contribution in [3.63, 3.8) is 0 Å². The van der Waals surface area contributed by atoms with E-state index in [4.69, 9.17) is 18.9 Å². The zero-order valence-electron chi connectivity index (χ0n) is 13.7. The maximum atomic E-state index is 10.2. The van der Waals surface area contributed by atoms with Crippen molar-refractivity contribution in [1.29, 1.82) is 0 Å². The quantitative estimate of drug-likeness (QED) is 0.240. The van der Waals surface area contributed by atoms with Gasteiger partial charge in [0.1, 0.15) is 48.8 Å². The van der Waals surface area contributed by atoms with E-state index in [-0.39, 0.29) is 6.61 Å². The van der Waals surface area contributed by atoms with Gasteiger partial charge in [0.05, 0.1) is 13.2 Å². The highest BCUT2D eigenvalue weighted by molar-refractivity contribution is 4.93. The molecule has 10 atom stereocenters. The van der Waals surface area contributed by atoms with Crippen molar-refractivity contribution in [2.45, 2.75) is 68.3 Å². The minimum Gasteiger partial charge on any atom is -0.394 e. The zero-order chi connectivity index (χ0) is 18.7. The lowest BCUT2D eigenvalue weighted by Gasteiger charge is -2.45. The first-order valence-electron chi connectivity index (χ1n) is 8.05. The van der Waals surface area contributed by atoms with Crippen molar-refractivity contribution >= 4 is 0 Å². The van der Waals surface area contributed by atoms with Crippen LogP contribution in [0.1, 0.15) is 6.92 Å². The van der Waals surface area contributed by atoms with Crippen molar-refractivity contribution in [1.82, 2.24) is 0 Å². The van der Waals surface area contributed by atoms with E-state index in [1.54, 1.807) is 6.92 Å². The molecule has 2 saturated heterocycles. The summed E-state index contributed by atoms with van der Waals surface area (Å²) in [6.45, 7) is 0.618. The Kier molecular flexibility index (Phi) is 7.49. The molecule has 11 heteroatoms. The normalized spacial score (nSPS) is 48.5. The van der Waals surface area contributed by atoms with Crippen LogP contribution in [0.2, 0.25) is 0 Å². The summed E-state index contributed by atoms with van der Waals surface area (Å²) in [6.07, 6.45) is -14.2. The predicted molar refractivity (Wildman–Crippen MR) is 78.0 cm³/mol. The number of aliphatic hydroxyl groups is 7. The van der Waals surface area contributed by atoms with Gasteiger partial charge in [0.25, 0.3) is 0 Å². The summed E-state index contributed by atoms with van der Waals surface area (Å²) in [4.78, 5) is 0. The fourth-order valence-electron chi connectivity index (χ4n) is 2.83. The van der Waals surface area contributed by atoms with E-state index in [9.17, 15) is 35.7 Å². The third-order valence-corrected chi connectivity index (χ3v) is 4.30. The fourth-order valence-corrected chi connectivity index (χ4v) is 2.83. The molecule has 2 fully saturated rings. The SMILES string of the molecule is CCOC1OC(CO)C(O)C(O)C1OC1OC(CO)C(O)C(O)C1O. The molecule has 0 saturated carbocycles. The number of hydrogen-bond acceptors (Lipinski definition) is 11. The third kappa shape index (κ3) is 4.28. The zero-order valence-corrected chi connectivity index (χ0v) is 13.7. The lowest BCUT2D eigenvalue weighted by molar-refractivity contribution is -0.366. The van der Waals surface area contributed by atoms with Gasteiger partial charge >= 0.3 is 0 Å². The van der Waals surface area contributed by atoms with E-state index in [0.717, 1.165) is 0 Å². The number of aliphatic hydroxyl groups excluding tert-OH is 7. The summed E-state index contributed by atoms with van der Waals surface area (Å²) >= 11 is 0. The Labute approximate surface area is 143 Å². The van der Waals surface area contributed by atoms with Crippen LogP contribution in [0.15, 0.2) is 0 Å². The fraction of sp³-hybridized carbons (Fsp3) is 1.00. The number of rotatable bonds is 6. The van der Waals surface area contributed by atoms with Gasteiger partial charge in [-0.05, 0) is 6.92 Å². The van der Waals surface area contributed by atoms with Crippen LogP contribution in [0.3, 0.4) is 0 Å². The molecule has 0 bridgehead atoms. The Morgan fingerprint density at radius 2 is 1.24 bits per heavy atom. The summed E-state index contributed by atoms with van der Waals surface area (Å²) in [5.41, 5.74) is 0. The average molecular weight is 370 g/mol. The van der Waals surface area contributed by atoms with E-state index >= 15 is 0 Å². The topological polar surface area (TPSA) is 179 Å². The van der Waals surface area contributed by atoms with Gasteiger partial charge in [-0.2, -0.15) is 0 Å². The monoisotopic (exact) mass is 370 g/mol. The van der Waals surface area contributed by atoms with Crippen molar-refractivity contribution in [3.05, 3.63) is 0 Å². The second-order valence-electron chi connectivity index (χ2n) is 5.96. The first-order valence-corrected chi connectivity index (χ1v) is 8.05. The van der Waals surface area contributed by atoms with Crippen molar-refractivity contribution in [3.8, 4) is 0 Å². The maximum Gasteiger partial charge on any atom is 0.187 e. The summed E-state index contributed by atoms with van der Waals surface area (Å²) < 4.78 is 21.3. The van der Waals surface area contributed by atoms with Gasteiger partial charge in [0, 0.05) is 6.61 Å². The molecule has 11 nitrogen and oxygen atoms in total. The first-order chi connectivity index (χ1) is 11.8. The molecule has 0 amide bonds. The van der Waals surface area contributed by atoms with Crippen LogP contribution in [0.4, 0.5) is 0 Å². The lowest BCUT2D eigenvalue weighted by Crippen LogP contribution is -2.64. The molecule has 148 valence electrons. The first kappa shape index (κ1) is 20.9. The minimum absolute atomic E-state index is 0.167. The van der Waals surface area contributed by atoms with Crippen molar-refractivity contribution in [2.24, 2.45) is 0 Å². The van der Waals surface area contributed by atoms with Crippen LogP contribution in [0.5, 0.6) is 0 Å². The molecule has 10 unspecified atom stereocenters. The molecule has 2 aliphatic rings. The summed E-state index contributed by atoms with van der Waals surface area (Å²) in [6, 6.07) is 0. The van der Waals surface area contributed by atoms with Gasteiger partial charge in [0.2, 0.25) is 0 Å². The van der Waals surface area contributed by atoms with E-state index in [2.05, 4.69) is 0 Å². The Balaban J connectivity index is 2.14. The van der Waals surface area contributed by atoms with E-state index in [0.29, 0.717) is 0 Å². The third-order valence-electron chi connectivity index (χ3n) is 4.30. The highest BCUT2D eigenvalue weighted by Crippen LogP contribution is 2.29. The van der Waals surface area contributed by atoms with Gasteiger partial charge in [-0.3, -0.25) is 0 Å². The van der Waals surface area contributed by atoms with Crippen LogP contribution in [-0.2, 0) is 18.9 Å². The van der Waals surface area contributed by atoms with Crippen LogP contribution < -0.4 is 0 Å². The number of hydrogen-bond donors (Lipinski definition) is 7. The van der Waals surface area contributed by atoms with Crippen LogP contribution in [0, 0.1) is 0 Å². The molecular formula is C14H26O11. The standard InChI is InChI=1S/C14H26O11/c1-2-22-14-12(10(20)8(18)6(4-16)24-14)25-13-11(21)9(19)7(17)5(3-15)23-13/h5-21H,2-4H2,1H3. The Hall–Kier alpha value is -0.440. The molecule has 25 heavy (non-hydrogen) atoms. The van der Waals surface area contributed by atoms with Crippen LogP contribution in [-0.4, -0.2) is 117 Å². The van der Waals surface area contributed by atoms with Gasteiger partial charge in [-0.15, -0.1) is 0 Å². The summed E-state index contributed by atoms with van der Waals surface area (Å²) in [5.74, 6) is 0. The second kappa shape index (κ2) is 8.97. The van der Waals surface area contributed by atoms with E-state index in [1.165, 1.54) is 0 Å². The van der Waals surface area contributed by atoms with Gasteiger partial charge in [0.15, 0.2) is 12.6 Å².